The fraction of sp³-hybridized carbons (Fsp3) is 0.269. The van der Waals surface area contributed by atoms with Gasteiger partial charge in [0.2, 0.25) is 5.91 Å². The number of ether oxygens (including phenoxy) is 2. The number of nitrogens with zero attached hydrogens (tertiary/aromatic N) is 2. The minimum Gasteiger partial charge on any atom is -0.497 e. The average molecular weight is 528 g/mol. The molecular weight excluding hydrogens is 498 g/mol. The Bertz CT molecular complexity index is 1360. The molecule has 3 aromatic rings. The number of amides is 1. The van der Waals surface area contributed by atoms with Crippen LogP contribution in [0.3, 0.4) is 0 Å². The molecular formula is C26H29N3O7S. The highest BCUT2D eigenvalue weighted by atomic mass is 32.2. The zero-order chi connectivity index (χ0) is 27.0. The lowest BCUT2D eigenvalue weighted by Crippen LogP contribution is -2.41. The Labute approximate surface area is 216 Å². The largest absolute Gasteiger partial charge is 0.497 e. The van der Waals surface area contributed by atoms with Crippen molar-refractivity contribution in [3.63, 3.8) is 0 Å². The summed E-state index contributed by atoms with van der Waals surface area (Å²) in [7, 11) is -1.24. The van der Waals surface area contributed by atoms with Gasteiger partial charge in [0.1, 0.15) is 18.0 Å². The Morgan fingerprint density at radius 1 is 1.03 bits per heavy atom. The maximum Gasteiger partial charge on any atom is 0.273 e. The summed E-state index contributed by atoms with van der Waals surface area (Å²) in [5, 5.41) is 14.1. The molecule has 0 saturated carbocycles. The van der Waals surface area contributed by atoms with Crippen LogP contribution in [0.15, 0.2) is 71.6 Å². The number of para-hydroxylation sites is 1. The number of hydrogen-bond donors (Lipinski definition) is 1. The number of sulfonamides is 1. The van der Waals surface area contributed by atoms with Crippen molar-refractivity contribution in [2.45, 2.75) is 24.7 Å². The van der Waals surface area contributed by atoms with E-state index in [4.69, 9.17) is 9.47 Å². The molecule has 0 saturated heterocycles. The molecule has 0 aliphatic rings. The van der Waals surface area contributed by atoms with Crippen LogP contribution in [0.25, 0.3) is 0 Å². The van der Waals surface area contributed by atoms with Gasteiger partial charge in [-0.1, -0.05) is 24.3 Å². The first-order chi connectivity index (χ1) is 17.7. The summed E-state index contributed by atoms with van der Waals surface area (Å²) in [6, 6.07) is 17.4. The molecule has 0 bridgehead atoms. The zero-order valence-electron chi connectivity index (χ0n) is 20.8. The maximum atomic E-state index is 13.6. The zero-order valence-corrected chi connectivity index (χ0v) is 21.7. The Morgan fingerprint density at radius 3 is 2.38 bits per heavy atom. The van der Waals surface area contributed by atoms with Gasteiger partial charge >= 0.3 is 0 Å². The number of nitro benzene ring substituents is 1. The van der Waals surface area contributed by atoms with E-state index in [1.54, 1.807) is 19.2 Å². The average Bonchev–Trinajstić information content (AvgIpc) is 2.90. The normalized spacial score (nSPS) is 11.0. The van der Waals surface area contributed by atoms with Gasteiger partial charge in [-0.3, -0.25) is 19.2 Å². The van der Waals surface area contributed by atoms with Crippen molar-refractivity contribution in [3.8, 4) is 11.5 Å². The van der Waals surface area contributed by atoms with Crippen molar-refractivity contribution in [1.82, 2.24) is 5.32 Å². The van der Waals surface area contributed by atoms with Crippen molar-refractivity contribution in [3.05, 3.63) is 88.0 Å². The number of carbonyl (C=O) groups is 1. The highest BCUT2D eigenvalue weighted by Crippen LogP contribution is 2.29. The molecule has 0 aliphatic carbocycles. The van der Waals surface area contributed by atoms with E-state index in [1.807, 2.05) is 24.3 Å². The number of rotatable bonds is 12. The molecule has 0 radical (unpaired) electrons. The number of anilines is 1. The Hall–Kier alpha value is -4.12. The predicted molar refractivity (Wildman–Crippen MR) is 140 cm³/mol. The van der Waals surface area contributed by atoms with Gasteiger partial charge in [0.05, 0.1) is 29.7 Å². The number of methoxy groups -OCH3 is 2. The quantitative estimate of drug-likeness (QED) is 0.215. The minimum absolute atomic E-state index is 0.216. The van der Waals surface area contributed by atoms with Crippen molar-refractivity contribution < 1.29 is 27.6 Å². The molecule has 0 aromatic heterocycles. The van der Waals surface area contributed by atoms with Gasteiger partial charge < -0.3 is 14.8 Å². The topological polar surface area (TPSA) is 128 Å². The van der Waals surface area contributed by atoms with E-state index in [2.05, 4.69) is 5.32 Å². The minimum atomic E-state index is -4.31. The lowest BCUT2D eigenvalue weighted by molar-refractivity contribution is -0.385. The van der Waals surface area contributed by atoms with Crippen molar-refractivity contribution >= 4 is 27.3 Å². The van der Waals surface area contributed by atoms with Gasteiger partial charge in [0.25, 0.3) is 15.7 Å². The summed E-state index contributed by atoms with van der Waals surface area (Å²) in [5.41, 5.74) is 1.22. The lowest BCUT2D eigenvalue weighted by atomic mass is 10.1. The third kappa shape index (κ3) is 6.76. The molecule has 1 N–H and O–H groups in total. The van der Waals surface area contributed by atoms with Gasteiger partial charge in [-0.15, -0.1) is 0 Å². The number of nitro groups is 1. The molecule has 0 heterocycles. The molecule has 37 heavy (non-hydrogen) atoms. The van der Waals surface area contributed by atoms with Crippen molar-refractivity contribution in [2.24, 2.45) is 0 Å². The van der Waals surface area contributed by atoms with Crippen molar-refractivity contribution in [1.29, 1.82) is 0 Å². The smallest absolute Gasteiger partial charge is 0.273 e. The van der Waals surface area contributed by atoms with Crippen LogP contribution in [-0.4, -0.2) is 46.6 Å². The lowest BCUT2D eigenvalue weighted by Gasteiger charge is -2.24. The summed E-state index contributed by atoms with van der Waals surface area (Å²) in [6.45, 7) is 1.34. The Morgan fingerprint density at radius 2 is 1.73 bits per heavy atom. The van der Waals surface area contributed by atoms with E-state index >= 15 is 0 Å². The van der Waals surface area contributed by atoms with Crippen LogP contribution in [-0.2, 0) is 21.2 Å². The molecule has 3 rings (SSSR count). The first-order valence-electron chi connectivity index (χ1n) is 11.5. The maximum absolute atomic E-state index is 13.6. The second-order valence-corrected chi connectivity index (χ2v) is 10.0. The Balaban J connectivity index is 1.79. The molecule has 0 aliphatic heterocycles. The van der Waals surface area contributed by atoms with Crippen LogP contribution in [0.5, 0.6) is 11.5 Å². The SMILES string of the molecule is COc1ccc(N(CC(=O)NCCCc2ccccc2OC)S(=O)(=O)c2ccc(C)c([N+](=O)[O-])c2)cc1. The number of carbonyl (C=O) groups excluding carboxylic acids is 1. The van der Waals surface area contributed by atoms with E-state index < -0.39 is 27.4 Å². The van der Waals surface area contributed by atoms with Crippen LogP contribution < -0.4 is 19.1 Å². The molecule has 10 nitrogen and oxygen atoms in total. The van der Waals surface area contributed by atoms with Gasteiger partial charge in [0, 0.05) is 18.2 Å². The highest BCUT2D eigenvalue weighted by Gasteiger charge is 2.29. The van der Waals surface area contributed by atoms with Gasteiger partial charge in [-0.2, -0.15) is 0 Å². The predicted octanol–water partition coefficient (Wildman–Crippen LogP) is 3.86. The third-order valence-electron chi connectivity index (χ3n) is 5.75. The number of benzene rings is 3. The third-order valence-corrected chi connectivity index (χ3v) is 7.52. The van der Waals surface area contributed by atoms with Crippen LogP contribution >= 0.6 is 0 Å². The molecule has 196 valence electrons. The van der Waals surface area contributed by atoms with Crippen molar-refractivity contribution in [2.75, 3.05) is 31.6 Å². The number of nitrogens with one attached hydrogen (secondary N) is 1. The second-order valence-electron chi connectivity index (χ2n) is 8.18. The highest BCUT2D eigenvalue weighted by molar-refractivity contribution is 7.92. The second kappa shape index (κ2) is 12.2. The first-order valence-corrected chi connectivity index (χ1v) is 12.9. The van der Waals surface area contributed by atoms with E-state index in [0.717, 1.165) is 21.7 Å². The van der Waals surface area contributed by atoms with Crippen LogP contribution in [0.4, 0.5) is 11.4 Å². The number of aryl methyl sites for hydroxylation is 2. The molecule has 3 aromatic carbocycles. The summed E-state index contributed by atoms with van der Waals surface area (Å²) in [4.78, 5) is 23.3. The summed E-state index contributed by atoms with van der Waals surface area (Å²) in [5.74, 6) is 0.756. The summed E-state index contributed by atoms with van der Waals surface area (Å²) >= 11 is 0. The molecule has 0 atom stereocenters. The van der Waals surface area contributed by atoms with Crippen LogP contribution in [0, 0.1) is 17.0 Å². The molecule has 0 unspecified atom stereocenters. The van der Waals surface area contributed by atoms with E-state index in [0.29, 0.717) is 30.7 Å². The summed E-state index contributed by atoms with van der Waals surface area (Å²) < 4.78 is 38.6. The summed E-state index contributed by atoms with van der Waals surface area (Å²) in [6.07, 6.45) is 1.28. The molecule has 11 heteroatoms. The van der Waals surface area contributed by atoms with E-state index in [-0.39, 0.29) is 16.3 Å². The van der Waals surface area contributed by atoms with Crippen LogP contribution in [0.2, 0.25) is 0 Å². The molecule has 1 amide bonds. The van der Waals surface area contributed by atoms with Crippen LogP contribution in [0.1, 0.15) is 17.5 Å². The fourth-order valence-corrected chi connectivity index (χ4v) is 5.18. The molecule has 0 fully saturated rings. The molecule has 0 spiro atoms. The number of hydrogen-bond acceptors (Lipinski definition) is 7. The van der Waals surface area contributed by atoms with Gasteiger partial charge in [0.15, 0.2) is 0 Å². The van der Waals surface area contributed by atoms with Gasteiger partial charge in [-0.25, -0.2) is 8.42 Å². The van der Waals surface area contributed by atoms with Gasteiger partial charge in [-0.05, 0) is 61.7 Å². The van der Waals surface area contributed by atoms with E-state index in [9.17, 15) is 23.3 Å². The van der Waals surface area contributed by atoms with E-state index in [1.165, 1.54) is 38.3 Å². The monoisotopic (exact) mass is 527 g/mol. The first kappa shape index (κ1) is 27.5. The fourth-order valence-electron chi connectivity index (χ4n) is 3.74. The standard InChI is InChI=1S/C26H29N3O7S/c1-19-10-15-23(17-24(19)29(31)32)37(33,34)28(21-11-13-22(35-2)14-12-21)18-26(30)27-16-6-8-20-7-4-5-9-25(20)36-3/h4-5,7,9-15,17H,6,8,16,18H2,1-3H3,(H,27,30). The Kier molecular flexibility index (Phi) is 9.07.